The Bertz CT molecular complexity index is 141. The van der Waals surface area contributed by atoms with Gasteiger partial charge in [0.1, 0.15) is 0 Å². The van der Waals surface area contributed by atoms with Crippen LogP contribution in [0.15, 0.2) is 17.7 Å². The first-order valence-corrected chi connectivity index (χ1v) is 3.08. The Hall–Kier alpha value is 1.06. The second-order valence-corrected chi connectivity index (χ2v) is 2.39. The van der Waals surface area contributed by atoms with Crippen LogP contribution in [-0.2, 0) is 21.7 Å². The molecule has 4 heteroatoms. The molecule has 0 aliphatic heterocycles. The van der Waals surface area contributed by atoms with Gasteiger partial charge in [-0.1, -0.05) is 19.8 Å². The molecule has 0 atom stereocenters. The summed E-state index contributed by atoms with van der Waals surface area (Å²) in [6.07, 6.45) is 8.59. The van der Waals surface area contributed by atoms with Gasteiger partial charge in [-0.05, 0) is 0 Å². The minimum absolute atomic E-state index is 0. The van der Waals surface area contributed by atoms with Crippen molar-refractivity contribution in [2.24, 2.45) is 5.92 Å². The van der Waals surface area contributed by atoms with E-state index in [2.05, 4.69) is 32.1 Å². The Morgan fingerprint density at radius 3 is 1.92 bits per heavy atom. The average molecular weight is 261 g/mol. The molecule has 0 unspecified atom stereocenters. The summed E-state index contributed by atoms with van der Waals surface area (Å²) in [5.41, 5.74) is 1.37. The van der Waals surface area contributed by atoms with Gasteiger partial charge in [0, 0.05) is 0 Å². The summed E-state index contributed by atoms with van der Waals surface area (Å²) in [6.45, 7) is 4.38. The van der Waals surface area contributed by atoms with Crippen molar-refractivity contribution in [1.29, 1.82) is 0 Å². The number of halogens is 3. The number of rotatable bonds is 1. The van der Waals surface area contributed by atoms with Gasteiger partial charge in [0.15, 0.2) is 0 Å². The standard InChI is InChI=1S/C8H11.3ClH.Ti/c1-7(2)8-5-3-4-6-8;;;;/h3,5,7H,4H2,1-2H3;3*1H;/q-1;;;;+4/p-3. The van der Waals surface area contributed by atoms with E-state index >= 15 is 0 Å². The normalized spacial score (nSPS) is 11.8. The summed E-state index contributed by atoms with van der Waals surface area (Å²) in [5.74, 6) is 0.661. The van der Waals surface area contributed by atoms with Crippen LogP contribution in [-0.4, -0.2) is 0 Å². The van der Waals surface area contributed by atoms with E-state index in [1.54, 1.807) is 0 Å². The predicted octanol–water partition coefficient (Wildman–Crippen LogP) is -6.66. The zero-order valence-corrected chi connectivity index (χ0v) is 10.9. The van der Waals surface area contributed by atoms with Crippen molar-refractivity contribution in [3.05, 3.63) is 23.8 Å². The number of hydrogen-bond acceptors (Lipinski definition) is 0. The fourth-order valence-corrected chi connectivity index (χ4v) is 0.818. The fourth-order valence-electron chi connectivity index (χ4n) is 0.818. The topological polar surface area (TPSA) is 0 Å². The van der Waals surface area contributed by atoms with E-state index < -0.39 is 0 Å². The molecule has 0 aromatic rings. The van der Waals surface area contributed by atoms with Crippen molar-refractivity contribution >= 4 is 0 Å². The summed E-state index contributed by atoms with van der Waals surface area (Å²) in [5, 5.41) is 0. The molecular weight excluding hydrogens is 250 g/mol. The van der Waals surface area contributed by atoms with Crippen LogP contribution >= 0.6 is 0 Å². The quantitative estimate of drug-likeness (QED) is 0.325. The maximum absolute atomic E-state index is 3.26. The zero-order chi connectivity index (χ0) is 5.98. The Morgan fingerprint density at radius 2 is 1.75 bits per heavy atom. The van der Waals surface area contributed by atoms with Gasteiger partial charge in [0.05, 0.1) is 0 Å². The van der Waals surface area contributed by atoms with Gasteiger partial charge >= 0.3 is 21.7 Å². The fraction of sp³-hybridized carbons (Fsp3) is 0.500. The van der Waals surface area contributed by atoms with E-state index in [9.17, 15) is 0 Å². The molecule has 0 spiro atoms. The van der Waals surface area contributed by atoms with Gasteiger partial charge in [-0.15, -0.1) is 6.42 Å². The molecule has 0 aromatic heterocycles. The van der Waals surface area contributed by atoms with Gasteiger partial charge in [-0.25, -0.2) is 11.6 Å². The van der Waals surface area contributed by atoms with Crippen molar-refractivity contribution in [2.75, 3.05) is 0 Å². The molecule has 68 valence electrons. The van der Waals surface area contributed by atoms with Gasteiger partial charge in [0.25, 0.3) is 0 Å². The van der Waals surface area contributed by atoms with Crippen LogP contribution < -0.4 is 37.2 Å². The SMILES string of the molecule is CC(C)C1=[C-]CC=C1.[Cl-].[Cl-].[Cl-].[Ti+4]. The average Bonchev–Trinajstić information content (AvgIpc) is 2.12. The molecule has 0 fully saturated rings. The summed E-state index contributed by atoms with van der Waals surface area (Å²) in [4.78, 5) is 0. The Balaban J connectivity index is -0.0000000800. The number of allylic oxidation sites excluding steroid dienone is 4. The molecule has 0 bridgehead atoms. The molecule has 0 saturated heterocycles. The predicted molar refractivity (Wildman–Crippen MR) is 35.4 cm³/mol. The van der Waals surface area contributed by atoms with E-state index in [1.807, 2.05) is 0 Å². The Kier molecular flexibility index (Phi) is 23.3. The van der Waals surface area contributed by atoms with Crippen LogP contribution in [0.2, 0.25) is 0 Å². The first-order valence-electron chi connectivity index (χ1n) is 3.08. The van der Waals surface area contributed by atoms with E-state index in [-0.39, 0.29) is 58.9 Å². The third-order valence-corrected chi connectivity index (χ3v) is 1.34. The second-order valence-electron chi connectivity index (χ2n) is 2.39. The molecule has 1 aliphatic carbocycles. The molecular formula is C8H11Cl3Ti. The third-order valence-electron chi connectivity index (χ3n) is 1.34. The van der Waals surface area contributed by atoms with Gasteiger partial charge < -0.3 is 37.2 Å². The monoisotopic (exact) mass is 260 g/mol. The summed E-state index contributed by atoms with van der Waals surface area (Å²) >= 11 is 0. The molecule has 12 heavy (non-hydrogen) atoms. The van der Waals surface area contributed by atoms with Crippen LogP contribution in [0.25, 0.3) is 0 Å². The third kappa shape index (κ3) is 7.70. The molecule has 0 N–H and O–H groups in total. The minimum Gasteiger partial charge on any atom is -1.00 e. The van der Waals surface area contributed by atoms with Gasteiger partial charge in [-0.2, -0.15) is 6.08 Å². The Labute approximate surface area is 108 Å². The maximum atomic E-state index is 3.26. The van der Waals surface area contributed by atoms with Crippen molar-refractivity contribution in [1.82, 2.24) is 0 Å². The van der Waals surface area contributed by atoms with Crippen LogP contribution in [0, 0.1) is 12.0 Å². The number of hydrogen-bond donors (Lipinski definition) is 0. The van der Waals surface area contributed by atoms with E-state index in [0.29, 0.717) is 5.92 Å². The molecule has 0 amide bonds. The van der Waals surface area contributed by atoms with E-state index in [1.165, 1.54) is 5.57 Å². The van der Waals surface area contributed by atoms with Crippen molar-refractivity contribution < 1.29 is 58.9 Å². The van der Waals surface area contributed by atoms with Crippen molar-refractivity contribution in [3.63, 3.8) is 0 Å². The zero-order valence-electron chi connectivity index (χ0n) is 7.07. The molecule has 1 aliphatic rings. The molecule has 0 heterocycles. The van der Waals surface area contributed by atoms with Crippen molar-refractivity contribution in [2.45, 2.75) is 20.3 Å². The van der Waals surface area contributed by atoms with Crippen LogP contribution in [0.3, 0.4) is 0 Å². The minimum atomic E-state index is 0. The molecule has 0 saturated carbocycles. The van der Waals surface area contributed by atoms with Crippen molar-refractivity contribution in [3.8, 4) is 0 Å². The van der Waals surface area contributed by atoms with Gasteiger partial charge in [0.2, 0.25) is 0 Å². The largest absolute Gasteiger partial charge is 4.00 e. The summed E-state index contributed by atoms with van der Waals surface area (Å²) in [6, 6.07) is 0. The second kappa shape index (κ2) is 12.1. The molecule has 0 radical (unpaired) electrons. The van der Waals surface area contributed by atoms with Crippen LogP contribution in [0.5, 0.6) is 0 Å². The molecule has 1 rings (SSSR count). The van der Waals surface area contributed by atoms with Crippen LogP contribution in [0.4, 0.5) is 0 Å². The summed E-state index contributed by atoms with van der Waals surface area (Å²) in [7, 11) is 0. The maximum Gasteiger partial charge on any atom is 4.00 e. The Morgan fingerprint density at radius 1 is 1.25 bits per heavy atom. The van der Waals surface area contributed by atoms with Crippen LogP contribution in [0.1, 0.15) is 20.3 Å². The summed E-state index contributed by atoms with van der Waals surface area (Å²) < 4.78 is 0. The first-order chi connectivity index (χ1) is 3.80. The first kappa shape index (κ1) is 23.1. The van der Waals surface area contributed by atoms with E-state index in [4.69, 9.17) is 0 Å². The van der Waals surface area contributed by atoms with Gasteiger partial charge in [-0.3, -0.25) is 6.08 Å². The smallest absolute Gasteiger partial charge is 1.00 e. The molecule has 0 aromatic carbocycles. The molecule has 0 nitrogen and oxygen atoms in total. The van der Waals surface area contributed by atoms with E-state index in [0.717, 1.165) is 6.42 Å².